The zero-order valence-corrected chi connectivity index (χ0v) is 19.4. The predicted octanol–water partition coefficient (Wildman–Crippen LogP) is 2.95. The largest absolute Gasteiger partial charge is 0.492 e. The molecule has 1 atom stereocenters. The monoisotopic (exact) mass is 459 g/mol. The first-order chi connectivity index (χ1) is 15.2. The minimum atomic E-state index is -3.52. The number of hydrogen-bond donors (Lipinski definition) is 1. The van der Waals surface area contributed by atoms with Crippen LogP contribution < -0.4 is 10.1 Å². The SMILES string of the molecule is CCCCC1(c2ccccc2)NC(=O)N(CCOc2ccc(S(=O)(=O)N(C)C)cc2)C1=O. The van der Waals surface area contributed by atoms with Crippen LogP contribution in [-0.4, -0.2) is 56.8 Å². The van der Waals surface area contributed by atoms with Gasteiger partial charge in [-0.2, -0.15) is 0 Å². The van der Waals surface area contributed by atoms with Gasteiger partial charge in [0, 0.05) is 14.1 Å². The van der Waals surface area contributed by atoms with E-state index in [1.807, 2.05) is 37.3 Å². The predicted molar refractivity (Wildman–Crippen MR) is 121 cm³/mol. The molecular weight excluding hydrogens is 430 g/mol. The van der Waals surface area contributed by atoms with Gasteiger partial charge in [0.05, 0.1) is 11.4 Å². The Labute approximate surface area is 189 Å². The lowest BCUT2D eigenvalue weighted by Crippen LogP contribution is -2.44. The van der Waals surface area contributed by atoms with E-state index in [4.69, 9.17) is 4.74 Å². The molecule has 1 N–H and O–H groups in total. The van der Waals surface area contributed by atoms with E-state index in [1.54, 1.807) is 12.1 Å². The van der Waals surface area contributed by atoms with Crippen molar-refractivity contribution >= 4 is 22.0 Å². The molecule has 1 unspecified atom stereocenters. The summed E-state index contributed by atoms with van der Waals surface area (Å²) in [5.41, 5.74) is -0.288. The average Bonchev–Trinajstić information content (AvgIpc) is 3.03. The molecule has 1 saturated heterocycles. The quantitative estimate of drug-likeness (QED) is 0.551. The first-order valence-electron chi connectivity index (χ1n) is 10.6. The van der Waals surface area contributed by atoms with Gasteiger partial charge < -0.3 is 10.1 Å². The highest BCUT2D eigenvalue weighted by atomic mass is 32.2. The van der Waals surface area contributed by atoms with E-state index in [0.717, 1.165) is 22.7 Å². The average molecular weight is 460 g/mol. The Hall–Kier alpha value is -2.91. The van der Waals surface area contributed by atoms with Crippen LogP contribution in [0, 0.1) is 0 Å². The van der Waals surface area contributed by atoms with Crippen molar-refractivity contribution in [2.45, 2.75) is 36.6 Å². The molecule has 1 heterocycles. The number of nitrogens with one attached hydrogen (secondary N) is 1. The van der Waals surface area contributed by atoms with Crippen LogP contribution in [0.15, 0.2) is 59.5 Å². The molecule has 0 radical (unpaired) electrons. The molecular formula is C23H29N3O5S. The molecule has 1 aliphatic heterocycles. The van der Waals surface area contributed by atoms with Gasteiger partial charge in [0.2, 0.25) is 10.0 Å². The Kier molecular flexibility index (Phi) is 7.20. The zero-order valence-electron chi connectivity index (χ0n) is 18.6. The van der Waals surface area contributed by atoms with E-state index in [-0.39, 0.29) is 24.0 Å². The van der Waals surface area contributed by atoms with Crippen molar-refractivity contribution in [3.63, 3.8) is 0 Å². The Balaban J connectivity index is 1.68. The number of amides is 3. The molecule has 1 fully saturated rings. The van der Waals surface area contributed by atoms with Crippen LogP contribution in [0.25, 0.3) is 0 Å². The normalized spacial score (nSPS) is 18.8. The smallest absolute Gasteiger partial charge is 0.325 e. The highest BCUT2D eigenvalue weighted by Gasteiger charge is 2.51. The van der Waals surface area contributed by atoms with Crippen LogP contribution in [0.5, 0.6) is 5.75 Å². The number of unbranched alkanes of at least 4 members (excludes halogenated alkanes) is 1. The Morgan fingerprint density at radius 3 is 2.28 bits per heavy atom. The summed E-state index contributed by atoms with van der Waals surface area (Å²) in [7, 11) is -0.585. The second-order valence-corrected chi connectivity index (χ2v) is 10.0. The summed E-state index contributed by atoms with van der Waals surface area (Å²) in [5.74, 6) is 0.174. The summed E-state index contributed by atoms with van der Waals surface area (Å²) in [6.45, 7) is 2.22. The molecule has 172 valence electrons. The molecule has 32 heavy (non-hydrogen) atoms. The number of imide groups is 1. The van der Waals surface area contributed by atoms with Crippen molar-refractivity contribution in [2.75, 3.05) is 27.2 Å². The van der Waals surface area contributed by atoms with E-state index in [2.05, 4.69) is 5.32 Å². The van der Waals surface area contributed by atoms with Crippen molar-refractivity contribution in [1.82, 2.24) is 14.5 Å². The van der Waals surface area contributed by atoms with Gasteiger partial charge in [-0.25, -0.2) is 17.5 Å². The highest BCUT2D eigenvalue weighted by molar-refractivity contribution is 7.89. The fourth-order valence-corrected chi connectivity index (χ4v) is 4.58. The summed E-state index contributed by atoms with van der Waals surface area (Å²) < 4.78 is 31.1. The minimum Gasteiger partial charge on any atom is -0.492 e. The van der Waals surface area contributed by atoms with Crippen LogP contribution >= 0.6 is 0 Å². The second kappa shape index (κ2) is 9.70. The summed E-state index contributed by atoms with van der Waals surface area (Å²) >= 11 is 0. The molecule has 3 amide bonds. The van der Waals surface area contributed by atoms with Gasteiger partial charge in [-0.15, -0.1) is 0 Å². The third-order valence-electron chi connectivity index (χ3n) is 5.53. The summed E-state index contributed by atoms with van der Waals surface area (Å²) in [4.78, 5) is 27.3. The number of nitrogens with zero attached hydrogens (tertiary/aromatic N) is 2. The van der Waals surface area contributed by atoms with Crippen LogP contribution in [0.1, 0.15) is 31.7 Å². The van der Waals surface area contributed by atoms with Gasteiger partial charge in [-0.05, 0) is 36.2 Å². The molecule has 9 heteroatoms. The molecule has 0 spiro atoms. The van der Waals surface area contributed by atoms with Crippen LogP contribution in [0.3, 0.4) is 0 Å². The number of rotatable bonds is 10. The van der Waals surface area contributed by atoms with Crippen molar-refractivity contribution in [2.24, 2.45) is 0 Å². The van der Waals surface area contributed by atoms with Crippen molar-refractivity contribution in [3.05, 3.63) is 60.2 Å². The first kappa shape index (κ1) is 23.7. The molecule has 0 aromatic heterocycles. The number of urea groups is 1. The zero-order chi connectivity index (χ0) is 23.4. The van der Waals surface area contributed by atoms with Crippen molar-refractivity contribution in [3.8, 4) is 5.75 Å². The lowest BCUT2D eigenvalue weighted by atomic mass is 9.85. The van der Waals surface area contributed by atoms with Gasteiger partial charge in [-0.1, -0.05) is 50.1 Å². The highest BCUT2D eigenvalue weighted by Crippen LogP contribution is 2.34. The van der Waals surface area contributed by atoms with Gasteiger partial charge in [0.25, 0.3) is 5.91 Å². The van der Waals surface area contributed by atoms with Crippen LogP contribution in [0.4, 0.5) is 4.79 Å². The van der Waals surface area contributed by atoms with Gasteiger partial charge >= 0.3 is 6.03 Å². The Morgan fingerprint density at radius 2 is 1.69 bits per heavy atom. The molecule has 3 rings (SSSR count). The molecule has 0 bridgehead atoms. The molecule has 1 aliphatic rings. The van der Waals surface area contributed by atoms with E-state index >= 15 is 0 Å². The molecule has 2 aromatic carbocycles. The molecule has 8 nitrogen and oxygen atoms in total. The topological polar surface area (TPSA) is 96.0 Å². The third-order valence-corrected chi connectivity index (χ3v) is 7.36. The number of carbonyl (C=O) groups excluding carboxylic acids is 2. The number of benzene rings is 2. The lowest BCUT2D eigenvalue weighted by Gasteiger charge is -2.27. The fourth-order valence-electron chi connectivity index (χ4n) is 3.68. The molecule has 0 aliphatic carbocycles. The minimum absolute atomic E-state index is 0.0864. The second-order valence-electron chi connectivity index (χ2n) is 7.87. The number of carbonyl (C=O) groups is 2. The van der Waals surface area contributed by atoms with Crippen molar-refractivity contribution < 1.29 is 22.7 Å². The maximum Gasteiger partial charge on any atom is 0.325 e. The van der Waals surface area contributed by atoms with Crippen LogP contribution in [0.2, 0.25) is 0 Å². The third kappa shape index (κ3) is 4.63. The van der Waals surface area contributed by atoms with Gasteiger partial charge in [0.15, 0.2) is 0 Å². The van der Waals surface area contributed by atoms with Crippen LogP contribution in [-0.2, 0) is 20.4 Å². The molecule has 0 saturated carbocycles. The lowest BCUT2D eigenvalue weighted by molar-refractivity contribution is -0.132. The maximum absolute atomic E-state index is 13.3. The van der Waals surface area contributed by atoms with E-state index < -0.39 is 21.6 Å². The van der Waals surface area contributed by atoms with E-state index in [1.165, 1.54) is 31.1 Å². The number of ether oxygens (including phenoxy) is 1. The summed E-state index contributed by atoms with van der Waals surface area (Å²) in [6, 6.07) is 14.9. The number of hydrogen-bond acceptors (Lipinski definition) is 5. The summed E-state index contributed by atoms with van der Waals surface area (Å²) in [6.07, 6.45) is 2.23. The first-order valence-corrected chi connectivity index (χ1v) is 12.0. The van der Waals surface area contributed by atoms with Gasteiger partial charge in [0.1, 0.15) is 17.9 Å². The van der Waals surface area contributed by atoms with E-state index in [9.17, 15) is 18.0 Å². The Morgan fingerprint density at radius 1 is 1.03 bits per heavy atom. The summed E-state index contributed by atoms with van der Waals surface area (Å²) in [5, 5.41) is 2.91. The Bertz CT molecular complexity index is 1050. The van der Waals surface area contributed by atoms with Gasteiger partial charge in [-0.3, -0.25) is 9.69 Å². The standard InChI is InChI=1S/C23H29N3O5S/c1-4-5-15-23(18-9-7-6-8-10-18)21(27)26(22(28)24-23)16-17-31-19-11-13-20(14-12-19)32(29,30)25(2)3/h6-14H,4-5,15-17H2,1-3H3,(H,24,28). The molecule has 2 aromatic rings. The van der Waals surface area contributed by atoms with Crippen molar-refractivity contribution in [1.29, 1.82) is 0 Å². The maximum atomic E-state index is 13.3. The number of sulfonamides is 1. The fraction of sp³-hybridized carbons (Fsp3) is 0.391. The van der Waals surface area contributed by atoms with E-state index in [0.29, 0.717) is 12.2 Å².